The van der Waals surface area contributed by atoms with E-state index in [-0.39, 0.29) is 0 Å². The van der Waals surface area contributed by atoms with Crippen LogP contribution in [0.5, 0.6) is 0 Å². The summed E-state index contributed by atoms with van der Waals surface area (Å²) in [7, 11) is 2.29. The first-order valence-corrected chi connectivity index (χ1v) is 10.6. The SMILES string of the molecule is CCN1CC(N2CCC(N3CCC4(CCN(C)CC4)CC3)CC2)C1. The van der Waals surface area contributed by atoms with Crippen molar-refractivity contribution in [3.8, 4) is 0 Å². The van der Waals surface area contributed by atoms with Gasteiger partial charge in [-0.2, -0.15) is 0 Å². The van der Waals surface area contributed by atoms with Crippen molar-refractivity contribution in [1.29, 1.82) is 0 Å². The first-order valence-electron chi connectivity index (χ1n) is 10.6. The van der Waals surface area contributed by atoms with Gasteiger partial charge < -0.3 is 14.7 Å². The molecule has 0 amide bonds. The maximum atomic E-state index is 2.86. The van der Waals surface area contributed by atoms with E-state index < -0.39 is 0 Å². The van der Waals surface area contributed by atoms with Gasteiger partial charge in [-0.05, 0) is 83.7 Å². The Labute approximate surface area is 149 Å². The van der Waals surface area contributed by atoms with Crippen molar-refractivity contribution in [2.75, 3.05) is 66.0 Å². The van der Waals surface area contributed by atoms with Crippen molar-refractivity contribution >= 4 is 0 Å². The molecule has 0 saturated carbocycles. The van der Waals surface area contributed by atoms with Crippen LogP contribution in [0.4, 0.5) is 0 Å². The van der Waals surface area contributed by atoms with Crippen LogP contribution >= 0.6 is 0 Å². The van der Waals surface area contributed by atoms with Gasteiger partial charge >= 0.3 is 0 Å². The third-order valence-electron chi connectivity index (χ3n) is 7.82. The summed E-state index contributed by atoms with van der Waals surface area (Å²) >= 11 is 0. The quantitative estimate of drug-likeness (QED) is 0.782. The monoisotopic (exact) mass is 334 g/mol. The van der Waals surface area contributed by atoms with Gasteiger partial charge in [0.15, 0.2) is 0 Å². The number of rotatable bonds is 3. The van der Waals surface area contributed by atoms with Crippen LogP contribution < -0.4 is 0 Å². The number of hydrogen-bond acceptors (Lipinski definition) is 4. The Balaban J connectivity index is 1.20. The summed E-state index contributed by atoms with van der Waals surface area (Å²) in [5, 5.41) is 0. The topological polar surface area (TPSA) is 13.0 Å². The summed E-state index contributed by atoms with van der Waals surface area (Å²) in [6, 6.07) is 1.75. The van der Waals surface area contributed by atoms with Gasteiger partial charge in [0.1, 0.15) is 0 Å². The second kappa shape index (κ2) is 7.22. The number of likely N-dealkylation sites (N-methyl/N-ethyl adjacent to an activating group) is 1. The van der Waals surface area contributed by atoms with Crippen molar-refractivity contribution in [1.82, 2.24) is 19.6 Å². The largest absolute Gasteiger partial charge is 0.306 e. The predicted molar refractivity (Wildman–Crippen MR) is 100 cm³/mol. The predicted octanol–water partition coefficient (Wildman–Crippen LogP) is 1.96. The van der Waals surface area contributed by atoms with E-state index in [0.29, 0.717) is 5.41 Å². The molecule has 0 aliphatic carbocycles. The summed E-state index contributed by atoms with van der Waals surface area (Å²) in [6.07, 6.45) is 8.66. The Hall–Kier alpha value is -0.160. The van der Waals surface area contributed by atoms with Crippen LogP contribution in [0.25, 0.3) is 0 Å². The molecule has 0 aromatic heterocycles. The van der Waals surface area contributed by atoms with E-state index in [1.165, 1.54) is 97.4 Å². The molecule has 0 radical (unpaired) electrons. The van der Waals surface area contributed by atoms with Crippen molar-refractivity contribution in [3.05, 3.63) is 0 Å². The fraction of sp³-hybridized carbons (Fsp3) is 1.00. The maximum Gasteiger partial charge on any atom is 0.0350 e. The van der Waals surface area contributed by atoms with E-state index in [9.17, 15) is 0 Å². The highest BCUT2D eigenvalue weighted by atomic mass is 15.3. The van der Waals surface area contributed by atoms with Crippen LogP contribution in [0.3, 0.4) is 0 Å². The highest BCUT2D eigenvalue weighted by Crippen LogP contribution is 2.41. The van der Waals surface area contributed by atoms with Crippen LogP contribution in [0.2, 0.25) is 0 Å². The second-order valence-electron chi connectivity index (χ2n) is 9.11. The molecule has 4 aliphatic heterocycles. The Bertz CT molecular complexity index is 394. The molecular formula is C20H38N4. The Kier molecular flexibility index (Phi) is 5.19. The van der Waals surface area contributed by atoms with Crippen molar-refractivity contribution < 1.29 is 0 Å². The molecule has 4 nitrogen and oxygen atoms in total. The first-order chi connectivity index (χ1) is 11.7. The van der Waals surface area contributed by atoms with E-state index in [1.54, 1.807) is 0 Å². The maximum absolute atomic E-state index is 2.86. The van der Waals surface area contributed by atoms with Crippen LogP contribution in [0, 0.1) is 5.41 Å². The Morgan fingerprint density at radius 2 is 1.29 bits per heavy atom. The van der Waals surface area contributed by atoms with Crippen LogP contribution in [0.15, 0.2) is 0 Å². The molecule has 0 aromatic rings. The van der Waals surface area contributed by atoms with Crippen molar-refractivity contribution in [3.63, 3.8) is 0 Å². The third-order valence-corrected chi connectivity index (χ3v) is 7.82. The molecule has 0 N–H and O–H groups in total. The fourth-order valence-electron chi connectivity index (χ4n) is 5.60. The Morgan fingerprint density at radius 3 is 1.88 bits per heavy atom. The number of nitrogens with zero attached hydrogens (tertiary/aromatic N) is 4. The summed E-state index contributed by atoms with van der Waals surface area (Å²) in [5.74, 6) is 0. The first kappa shape index (κ1) is 17.3. The molecule has 4 rings (SSSR count). The molecule has 0 unspecified atom stereocenters. The van der Waals surface area contributed by atoms with Gasteiger partial charge in [0, 0.05) is 38.3 Å². The van der Waals surface area contributed by atoms with Gasteiger partial charge in [-0.15, -0.1) is 0 Å². The van der Waals surface area contributed by atoms with E-state index in [1.807, 2.05) is 0 Å². The van der Waals surface area contributed by atoms with E-state index in [0.717, 1.165) is 12.1 Å². The zero-order chi connectivity index (χ0) is 16.6. The lowest BCUT2D eigenvalue weighted by Crippen LogP contribution is -2.61. The lowest BCUT2D eigenvalue weighted by Gasteiger charge is -2.51. The third kappa shape index (κ3) is 3.53. The highest BCUT2D eigenvalue weighted by molar-refractivity contribution is 4.94. The number of hydrogen-bond donors (Lipinski definition) is 0. The molecule has 1 spiro atoms. The molecule has 4 saturated heterocycles. The zero-order valence-electron chi connectivity index (χ0n) is 16.1. The van der Waals surface area contributed by atoms with Crippen LogP contribution in [-0.4, -0.2) is 97.6 Å². The molecule has 4 aliphatic rings. The summed E-state index contributed by atoms with van der Waals surface area (Å²) in [6.45, 7) is 14.3. The molecule has 138 valence electrons. The molecule has 0 atom stereocenters. The second-order valence-corrected chi connectivity index (χ2v) is 9.11. The molecular weight excluding hydrogens is 296 g/mol. The standard InChI is InChI=1S/C20H38N4/c1-3-22-16-19(17-22)23-10-4-18(5-11-23)24-14-8-20(9-15-24)6-12-21(2)13-7-20/h18-19H,3-17H2,1-2H3. The lowest BCUT2D eigenvalue weighted by molar-refractivity contribution is -0.0140. The van der Waals surface area contributed by atoms with Crippen LogP contribution in [-0.2, 0) is 0 Å². The van der Waals surface area contributed by atoms with Crippen molar-refractivity contribution in [2.24, 2.45) is 5.41 Å². The van der Waals surface area contributed by atoms with Gasteiger partial charge in [-0.25, -0.2) is 0 Å². The van der Waals surface area contributed by atoms with E-state index in [4.69, 9.17) is 0 Å². The highest BCUT2D eigenvalue weighted by Gasteiger charge is 2.39. The minimum Gasteiger partial charge on any atom is -0.306 e. The van der Waals surface area contributed by atoms with Gasteiger partial charge in [-0.3, -0.25) is 4.90 Å². The van der Waals surface area contributed by atoms with Gasteiger partial charge in [0.25, 0.3) is 0 Å². The summed E-state index contributed by atoms with van der Waals surface area (Å²) in [5.41, 5.74) is 0.708. The van der Waals surface area contributed by atoms with Crippen molar-refractivity contribution in [2.45, 2.75) is 57.5 Å². The van der Waals surface area contributed by atoms with Crippen LogP contribution in [0.1, 0.15) is 45.4 Å². The lowest BCUT2D eigenvalue weighted by atomic mass is 9.71. The summed E-state index contributed by atoms with van der Waals surface area (Å²) < 4.78 is 0. The van der Waals surface area contributed by atoms with Gasteiger partial charge in [0.2, 0.25) is 0 Å². The summed E-state index contributed by atoms with van der Waals surface area (Å²) in [4.78, 5) is 10.7. The minimum absolute atomic E-state index is 0.708. The fourth-order valence-corrected chi connectivity index (χ4v) is 5.60. The smallest absolute Gasteiger partial charge is 0.0350 e. The van der Waals surface area contributed by atoms with E-state index >= 15 is 0 Å². The van der Waals surface area contributed by atoms with E-state index in [2.05, 4.69) is 33.6 Å². The average molecular weight is 335 g/mol. The zero-order valence-corrected chi connectivity index (χ0v) is 16.1. The average Bonchev–Trinajstić information content (AvgIpc) is 2.58. The molecule has 4 heterocycles. The molecule has 4 heteroatoms. The normalized spacial score (nSPS) is 32.2. The number of piperidine rings is 3. The molecule has 0 aromatic carbocycles. The molecule has 4 fully saturated rings. The molecule has 24 heavy (non-hydrogen) atoms. The Morgan fingerprint density at radius 1 is 0.750 bits per heavy atom. The van der Waals surface area contributed by atoms with Gasteiger partial charge in [0.05, 0.1) is 0 Å². The number of likely N-dealkylation sites (tertiary alicyclic amines) is 4. The molecule has 0 bridgehead atoms. The van der Waals surface area contributed by atoms with Gasteiger partial charge in [-0.1, -0.05) is 6.92 Å². The minimum atomic E-state index is 0.708.